The second-order valence-corrected chi connectivity index (χ2v) is 6.69. The highest BCUT2D eigenvalue weighted by Gasteiger charge is 2.38. The number of fused-ring (bicyclic) bond motifs is 1. The molecule has 0 atom stereocenters. The van der Waals surface area contributed by atoms with Crippen LogP contribution in [0, 0.1) is 10.1 Å². The number of ether oxygens (including phenoxy) is 2. The first-order valence-electron chi connectivity index (χ1n) is 8.62. The number of nitrogens with zero attached hydrogens (tertiary/aromatic N) is 2. The van der Waals surface area contributed by atoms with Gasteiger partial charge in [0.25, 0.3) is 11.6 Å². The van der Waals surface area contributed by atoms with Crippen molar-refractivity contribution in [2.75, 3.05) is 31.3 Å². The summed E-state index contributed by atoms with van der Waals surface area (Å²) in [5.41, 5.74) is -1.07. The number of nitro groups is 1. The molecule has 0 aromatic heterocycles. The van der Waals surface area contributed by atoms with Crippen LogP contribution in [-0.2, 0) is 19.1 Å². The Hall–Kier alpha value is -3.21. The molecule has 0 saturated carbocycles. The summed E-state index contributed by atoms with van der Waals surface area (Å²) in [6, 6.07) is 3.78. The van der Waals surface area contributed by atoms with Crippen LogP contribution in [0.3, 0.4) is 0 Å². The van der Waals surface area contributed by atoms with Crippen LogP contribution in [0.5, 0.6) is 5.75 Å². The third kappa shape index (κ3) is 4.19. The minimum absolute atomic E-state index is 0.125. The van der Waals surface area contributed by atoms with Gasteiger partial charge in [-0.15, -0.1) is 0 Å². The minimum atomic E-state index is -1.05. The molecule has 0 radical (unpaired) electrons. The van der Waals surface area contributed by atoms with Crippen molar-refractivity contribution in [3.05, 3.63) is 28.3 Å². The van der Waals surface area contributed by atoms with Crippen molar-refractivity contribution in [2.45, 2.75) is 24.8 Å². The van der Waals surface area contributed by atoms with Gasteiger partial charge in [-0.1, -0.05) is 0 Å². The maximum absolute atomic E-state index is 12.6. The number of aliphatic carboxylic acids is 1. The molecular formula is C17H19N3O8. The van der Waals surface area contributed by atoms with Gasteiger partial charge >= 0.3 is 5.97 Å². The highest BCUT2D eigenvalue weighted by Crippen LogP contribution is 2.35. The standard InChI is InChI=1S/C17H19N3O8/c21-14(18-17(8-16(23)24)3-5-27-6-4-17)9-19-12-7-11(20(25)26)1-2-13(12)28-10-15(19)22/h1-2,7H,3-6,8-10H2,(H,18,21)(H,23,24). The highest BCUT2D eigenvalue weighted by molar-refractivity contribution is 6.02. The molecule has 3 rings (SSSR count). The van der Waals surface area contributed by atoms with Gasteiger partial charge in [-0.2, -0.15) is 0 Å². The number of hydrogen-bond donors (Lipinski definition) is 2. The summed E-state index contributed by atoms with van der Waals surface area (Å²) in [6.45, 7) is -0.0665. The molecule has 0 aliphatic carbocycles. The molecule has 0 unspecified atom stereocenters. The van der Waals surface area contributed by atoms with E-state index in [-0.39, 0.29) is 30.2 Å². The van der Waals surface area contributed by atoms with Crippen LogP contribution in [0.2, 0.25) is 0 Å². The topological polar surface area (TPSA) is 148 Å². The van der Waals surface area contributed by atoms with E-state index in [1.807, 2.05) is 0 Å². The van der Waals surface area contributed by atoms with Crippen LogP contribution >= 0.6 is 0 Å². The number of nitrogens with one attached hydrogen (secondary N) is 1. The van der Waals surface area contributed by atoms with Crippen molar-refractivity contribution in [3.63, 3.8) is 0 Å². The molecule has 1 saturated heterocycles. The van der Waals surface area contributed by atoms with Gasteiger partial charge in [0.1, 0.15) is 12.3 Å². The minimum Gasteiger partial charge on any atom is -0.482 e. The lowest BCUT2D eigenvalue weighted by Gasteiger charge is -2.37. The SMILES string of the molecule is O=C(O)CC1(NC(=O)CN2C(=O)COc3ccc([N+](=O)[O-])cc32)CCOCC1. The second kappa shape index (κ2) is 7.80. The second-order valence-electron chi connectivity index (χ2n) is 6.69. The first kappa shape index (κ1) is 19.5. The molecule has 2 N–H and O–H groups in total. The Morgan fingerprint density at radius 3 is 2.68 bits per heavy atom. The van der Waals surface area contributed by atoms with E-state index in [1.165, 1.54) is 18.2 Å². The van der Waals surface area contributed by atoms with Gasteiger partial charge in [0, 0.05) is 25.3 Å². The molecule has 1 fully saturated rings. The molecule has 0 bridgehead atoms. The Labute approximate surface area is 159 Å². The number of hydrogen-bond acceptors (Lipinski definition) is 7. The zero-order valence-corrected chi connectivity index (χ0v) is 14.9. The maximum atomic E-state index is 12.6. The summed E-state index contributed by atoms with van der Waals surface area (Å²) >= 11 is 0. The fourth-order valence-corrected chi connectivity index (χ4v) is 3.35. The number of benzene rings is 1. The monoisotopic (exact) mass is 393 g/mol. The Morgan fingerprint density at radius 2 is 2.04 bits per heavy atom. The fraction of sp³-hybridized carbons (Fsp3) is 0.471. The smallest absolute Gasteiger partial charge is 0.305 e. The zero-order chi connectivity index (χ0) is 20.3. The molecule has 2 heterocycles. The molecule has 11 heteroatoms. The fourth-order valence-electron chi connectivity index (χ4n) is 3.35. The number of carbonyl (C=O) groups is 3. The van der Waals surface area contributed by atoms with Gasteiger partial charge in [0.15, 0.2) is 6.61 Å². The van der Waals surface area contributed by atoms with Crippen LogP contribution in [0.25, 0.3) is 0 Å². The average Bonchev–Trinajstić information content (AvgIpc) is 2.63. The van der Waals surface area contributed by atoms with Crippen molar-refractivity contribution in [3.8, 4) is 5.75 Å². The quantitative estimate of drug-likeness (QED) is 0.523. The molecule has 0 spiro atoms. The van der Waals surface area contributed by atoms with Crippen LogP contribution < -0.4 is 15.0 Å². The Bertz CT molecular complexity index is 819. The Balaban J connectivity index is 1.79. The number of carboxylic acid groups (broad SMARTS) is 1. The number of carboxylic acids is 1. The van der Waals surface area contributed by atoms with Crippen molar-refractivity contribution >= 4 is 29.2 Å². The lowest BCUT2D eigenvalue weighted by atomic mass is 9.86. The van der Waals surface area contributed by atoms with Crippen molar-refractivity contribution in [1.29, 1.82) is 0 Å². The first-order valence-corrected chi connectivity index (χ1v) is 8.62. The van der Waals surface area contributed by atoms with Gasteiger partial charge in [0.05, 0.1) is 22.6 Å². The van der Waals surface area contributed by atoms with Crippen LogP contribution in [0.1, 0.15) is 19.3 Å². The number of non-ortho nitro benzene ring substituents is 1. The molecule has 2 aliphatic rings. The summed E-state index contributed by atoms with van der Waals surface area (Å²) in [7, 11) is 0. The lowest BCUT2D eigenvalue weighted by Crippen LogP contribution is -2.56. The van der Waals surface area contributed by atoms with Crippen LogP contribution in [0.4, 0.5) is 11.4 Å². The number of carbonyl (C=O) groups excluding carboxylic acids is 2. The summed E-state index contributed by atoms with van der Waals surface area (Å²) in [5, 5.41) is 22.9. The first-order chi connectivity index (χ1) is 13.3. The summed E-state index contributed by atoms with van der Waals surface area (Å²) in [4.78, 5) is 47.6. The van der Waals surface area contributed by atoms with Gasteiger partial charge in [-0.3, -0.25) is 29.4 Å². The number of amides is 2. The van der Waals surface area contributed by atoms with Gasteiger partial charge < -0.3 is 19.9 Å². The van der Waals surface area contributed by atoms with E-state index in [4.69, 9.17) is 9.47 Å². The number of nitro benzene ring substituents is 1. The molecule has 2 aliphatic heterocycles. The molecule has 150 valence electrons. The zero-order valence-electron chi connectivity index (χ0n) is 14.9. The molecule has 28 heavy (non-hydrogen) atoms. The summed E-state index contributed by atoms with van der Waals surface area (Å²) < 4.78 is 10.5. The van der Waals surface area contributed by atoms with E-state index in [0.717, 1.165) is 4.90 Å². The number of anilines is 1. The van der Waals surface area contributed by atoms with Crippen LogP contribution in [-0.4, -0.2) is 59.7 Å². The van der Waals surface area contributed by atoms with Gasteiger partial charge in [-0.05, 0) is 18.9 Å². The van der Waals surface area contributed by atoms with Crippen LogP contribution in [0.15, 0.2) is 18.2 Å². The summed E-state index contributed by atoms with van der Waals surface area (Å²) in [6.07, 6.45) is 0.412. The van der Waals surface area contributed by atoms with E-state index >= 15 is 0 Å². The molecule has 1 aromatic rings. The van der Waals surface area contributed by atoms with E-state index in [9.17, 15) is 29.6 Å². The van der Waals surface area contributed by atoms with Gasteiger partial charge in [0.2, 0.25) is 5.91 Å². The molecule has 1 aromatic carbocycles. The maximum Gasteiger partial charge on any atom is 0.305 e. The number of rotatable bonds is 6. The van der Waals surface area contributed by atoms with Crippen molar-refractivity contribution in [2.24, 2.45) is 0 Å². The largest absolute Gasteiger partial charge is 0.482 e. The van der Waals surface area contributed by atoms with Crippen molar-refractivity contribution < 1.29 is 33.9 Å². The molecule has 2 amide bonds. The Kier molecular flexibility index (Phi) is 5.45. The van der Waals surface area contributed by atoms with Gasteiger partial charge in [-0.25, -0.2) is 0 Å². The summed E-state index contributed by atoms with van der Waals surface area (Å²) in [5.74, 6) is -1.88. The van der Waals surface area contributed by atoms with E-state index in [0.29, 0.717) is 26.1 Å². The third-order valence-electron chi connectivity index (χ3n) is 4.74. The molecular weight excluding hydrogens is 374 g/mol. The van der Waals surface area contributed by atoms with E-state index in [2.05, 4.69) is 5.32 Å². The predicted octanol–water partition coefficient (Wildman–Crippen LogP) is 0.460. The highest BCUT2D eigenvalue weighted by atomic mass is 16.6. The third-order valence-corrected chi connectivity index (χ3v) is 4.74. The van der Waals surface area contributed by atoms with Crippen molar-refractivity contribution in [1.82, 2.24) is 5.32 Å². The van der Waals surface area contributed by atoms with E-state index < -0.39 is 34.8 Å². The lowest BCUT2D eigenvalue weighted by molar-refractivity contribution is -0.384. The Morgan fingerprint density at radius 1 is 1.32 bits per heavy atom. The van der Waals surface area contributed by atoms with E-state index in [1.54, 1.807) is 0 Å². The average molecular weight is 393 g/mol. The normalized spacial score (nSPS) is 18.0. The predicted molar refractivity (Wildman–Crippen MR) is 94.1 cm³/mol. The molecule has 11 nitrogen and oxygen atoms in total.